The van der Waals surface area contributed by atoms with Gasteiger partial charge in [-0.3, -0.25) is 0 Å². The minimum atomic E-state index is -0.124. The zero-order chi connectivity index (χ0) is 17.1. The molecule has 0 atom stereocenters. The topological polar surface area (TPSA) is 26.1 Å². The van der Waals surface area contributed by atoms with Gasteiger partial charge in [0.15, 0.2) is 0 Å². The Hall–Kier alpha value is -2.35. The predicted molar refractivity (Wildman–Crippen MR) is 100 cm³/mol. The molecule has 0 amide bonds. The minimum Gasteiger partial charge on any atom is -0.618 e. The Labute approximate surface area is 143 Å². The molecule has 0 radical (unpaired) electrons. The van der Waals surface area contributed by atoms with E-state index < -0.39 is 0 Å². The Kier molecular flexibility index (Phi) is 3.05. The van der Waals surface area contributed by atoms with Gasteiger partial charge in [0, 0.05) is 6.07 Å². The summed E-state index contributed by atoms with van der Waals surface area (Å²) in [5, 5.41) is 12.9. The van der Waals surface area contributed by atoms with E-state index in [0.29, 0.717) is 0 Å². The van der Waals surface area contributed by atoms with E-state index >= 15 is 0 Å². The van der Waals surface area contributed by atoms with Gasteiger partial charge in [-0.25, -0.2) is 0 Å². The first kappa shape index (κ1) is 15.2. The van der Waals surface area contributed by atoms with E-state index in [9.17, 15) is 5.21 Å². The number of hydrogen-bond acceptors (Lipinski definition) is 1. The van der Waals surface area contributed by atoms with Crippen LogP contribution in [-0.2, 0) is 0 Å². The maximum atomic E-state index is 12.9. The summed E-state index contributed by atoms with van der Waals surface area (Å²) < 4.78 is 1.16. The maximum Gasteiger partial charge on any atom is 0.224 e. The molecule has 122 valence electrons. The van der Waals surface area contributed by atoms with Crippen molar-refractivity contribution < 1.29 is 4.74 Å². The van der Waals surface area contributed by atoms with Gasteiger partial charge in [-0.1, -0.05) is 50.3 Å². The molecule has 2 aliphatic rings. The first-order chi connectivity index (χ1) is 11.3. The fourth-order valence-electron chi connectivity index (χ4n) is 4.55. The van der Waals surface area contributed by atoms with Crippen molar-refractivity contribution in [3.05, 3.63) is 65.4 Å². The monoisotopic (exact) mass is 317 g/mol. The van der Waals surface area contributed by atoms with Gasteiger partial charge in [-0.2, -0.15) is 4.74 Å². The highest BCUT2D eigenvalue weighted by molar-refractivity contribution is 6.28. The fourth-order valence-corrected chi connectivity index (χ4v) is 4.55. The van der Waals surface area contributed by atoms with Crippen LogP contribution in [0, 0.1) is 16.0 Å². The highest BCUT2D eigenvalue weighted by Gasteiger charge is 2.48. The highest BCUT2D eigenvalue weighted by Crippen LogP contribution is 2.51. The predicted octanol–water partition coefficient (Wildman–Crippen LogP) is 5.79. The second kappa shape index (κ2) is 4.83. The third-order valence-corrected chi connectivity index (χ3v) is 5.14. The molecule has 0 saturated carbocycles. The summed E-state index contributed by atoms with van der Waals surface area (Å²) in [5.74, 6) is 0. The molecule has 0 unspecified atom stereocenters. The number of hydrogen-bond donors (Lipinski definition) is 0. The van der Waals surface area contributed by atoms with Gasteiger partial charge in [-0.05, 0) is 48.9 Å². The molecule has 4 rings (SSSR count). The van der Waals surface area contributed by atoms with Crippen LogP contribution >= 0.6 is 0 Å². The van der Waals surface area contributed by atoms with Gasteiger partial charge in [0.1, 0.15) is 0 Å². The van der Waals surface area contributed by atoms with Gasteiger partial charge in [0.05, 0.1) is 16.6 Å². The first-order valence-electron chi connectivity index (χ1n) is 8.56. The summed E-state index contributed by atoms with van der Waals surface area (Å²) in [4.78, 5) is 0. The van der Waals surface area contributed by atoms with Gasteiger partial charge < -0.3 is 5.21 Å². The van der Waals surface area contributed by atoms with E-state index in [4.69, 9.17) is 0 Å². The summed E-state index contributed by atoms with van der Waals surface area (Å²) >= 11 is 0. The number of benzene rings is 2. The van der Waals surface area contributed by atoms with Crippen LogP contribution in [0.4, 0.5) is 5.69 Å². The van der Waals surface area contributed by atoms with E-state index in [2.05, 4.69) is 58.0 Å². The summed E-state index contributed by atoms with van der Waals surface area (Å²) in [6, 6.07) is 16.5. The van der Waals surface area contributed by atoms with Crippen molar-refractivity contribution in [2.24, 2.45) is 10.8 Å². The van der Waals surface area contributed by atoms with E-state index in [1.807, 2.05) is 24.3 Å². The van der Waals surface area contributed by atoms with Crippen molar-refractivity contribution in [3.8, 4) is 11.1 Å². The molecule has 0 N–H and O–H groups in total. The van der Waals surface area contributed by atoms with Crippen LogP contribution in [0.2, 0.25) is 0 Å². The summed E-state index contributed by atoms with van der Waals surface area (Å²) in [7, 11) is 0. The average molecular weight is 317 g/mol. The van der Waals surface area contributed by atoms with Crippen LogP contribution < -0.4 is 0 Å². The third-order valence-electron chi connectivity index (χ3n) is 5.14. The van der Waals surface area contributed by atoms with E-state index in [-0.39, 0.29) is 10.8 Å². The quantitative estimate of drug-likeness (QED) is 0.483. The Balaban J connectivity index is 1.93. The summed E-state index contributed by atoms with van der Waals surface area (Å²) in [6.07, 6.45) is 3.27. The van der Waals surface area contributed by atoms with Crippen LogP contribution in [-0.4, -0.2) is 10.5 Å². The number of allylic oxidation sites excluding steroid dienone is 2. The molecular weight excluding hydrogens is 294 g/mol. The van der Waals surface area contributed by atoms with Crippen LogP contribution in [0.3, 0.4) is 0 Å². The second-order valence-electron chi connectivity index (χ2n) is 8.35. The lowest BCUT2D eigenvalue weighted by atomic mass is 9.65. The molecule has 1 aliphatic carbocycles. The lowest BCUT2D eigenvalue weighted by Crippen LogP contribution is -2.36. The van der Waals surface area contributed by atoms with Gasteiger partial charge in [-0.15, -0.1) is 0 Å². The van der Waals surface area contributed by atoms with Crippen molar-refractivity contribution in [1.29, 1.82) is 0 Å². The minimum absolute atomic E-state index is 0.0908. The second-order valence-corrected chi connectivity index (χ2v) is 8.35. The van der Waals surface area contributed by atoms with Crippen molar-refractivity contribution in [2.75, 3.05) is 0 Å². The SMILES string of the molecule is CC1(C)C=C2C(=[N+]([O-])c3ccc(-c4ccccc4)cc32)C(C)(C)C1. The average Bonchev–Trinajstić information content (AvgIpc) is 2.79. The Morgan fingerprint density at radius 3 is 2.33 bits per heavy atom. The molecule has 0 bridgehead atoms. The van der Waals surface area contributed by atoms with E-state index in [0.717, 1.165) is 39.3 Å². The van der Waals surface area contributed by atoms with Crippen LogP contribution in [0.15, 0.2) is 54.6 Å². The van der Waals surface area contributed by atoms with E-state index in [1.54, 1.807) is 0 Å². The van der Waals surface area contributed by atoms with Crippen LogP contribution in [0.5, 0.6) is 0 Å². The van der Waals surface area contributed by atoms with Crippen LogP contribution in [0.25, 0.3) is 16.7 Å². The maximum absolute atomic E-state index is 12.9. The molecule has 2 heteroatoms. The van der Waals surface area contributed by atoms with Crippen molar-refractivity contribution in [2.45, 2.75) is 34.1 Å². The Morgan fingerprint density at radius 2 is 1.62 bits per heavy atom. The van der Waals surface area contributed by atoms with Crippen molar-refractivity contribution in [1.82, 2.24) is 0 Å². The largest absolute Gasteiger partial charge is 0.618 e. The molecular formula is C22H23NO. The molecule has 2 aromatic rings. The molecule has 2 nitrogen and oxygen atoms in total. The lowest BCUT2D eigenvalue weighted by Gasteiger charge is -2.36. The van der Waals surface area contributed by atoms with Gasteiger partial charge in [0.2, 0.25) is 11.4 Å². The molecule has 24 heavy (non-hydrogen) atoms. The zero-order valence-corrected chi connectivity index (χ0v) is 14.8. The van der Waals surface area contributed by atoms with Crippen molar-refractivity contribution >= 4 is 17.0 Å². The number of fused-ring (bicyclic) bond motifs is 3. The molecule has 1 heterocycles. The number of nitrogens with zero attached hydrogens (tertiary/aromatic N) is 1. The first-order valence-corrected chi connectivity index (χ1v) is 8.56. The molecule has 0 fully saturated rings. The summed E-state index contributed by atoms with van der Waals surface area (Å²) in [5.41, 5.74) is 6.20. The van der Waals surface area contributed by atoms with E-state index in [1.165, 1.54) is 5.56 Å². The standard InChI is InChI=1S/C22H23NO/c1-21(2)13-18-17-12-16(15-8-6-5-7-9-15)10-11-19(17)23(24)20(18)22(3,4)14-21/h5-13H,14H2,1-4H3. The smallest absolute Gasteiger partial charge is 0.224 e. The molecule has 0 spiro atoms. The normalized spacial score (nSPS) is 20.4. The molecule has 0 aromatic heterocycles. The van der Waals surface area contributed by atoms with Gasteiger partial charge >= 0.3 is 0 Å². The zero-order valence-electron chi connectivity index (χ0n) is 14.8. The Morgan fingerprint density at radius 1 is 0.917 bits per heavy atom. The highest BCUT2D eigenvalue weighted by atomic mass is 16.5. The van der Waals surface area contributed by atoms with Gasteiger partial charge in [0.25, 0.3) is 0 Å². The number of rotatable bonds is 1. The lowest BCUT2D eigenvalue weighted by molar-refractivity contribution is -0.361. The summed E-state index contributed by atoms with van der Waals surface area (Å²) in [6.45, 7) is 8.89. The molecule has 1 aliphatic heterocycles. The molecule has 0 saturated heterocycles. The molecule has 2 aromatic carbocycles. The van der Waals surface area contributed by atoms with Crippen LogP contribution in [0.1, 0.15) is 39.7 Å². The Bertz CT molecular complexity index is 885. The fraction of sp³-hybridized carbons (Fsp3) is 0.318. The van der Waals surface area contributed by atoms with Crippen molar-refractivity contribution in [3.63, 3.8) is 0 Å². The third kappa shape index (κ3) is 2.21.